The molecular weight excluding hydrogens is 420 g/mol. The molecule has 10 heteroatoms. The smallest absolute Gasteiger partial charge is 0.228 e. The van der Waals surface area contributed by atoms with Gasteiger partial charge in [-0.1, -0.05) is 17.7 Å². The van der Waals surface area contributed by atoms with Gasteiger partial charge in [-0.05, 0) is 31.0 Å². The zero-order valence-electron chi connectivity index (χ0n) is 15.4. The monoisotopic (exact) mass is 440 g/mol. The summed E-state index contributed by atoms with van der Waals surface area (Å²) in [7, 11) is -3.21. The van der Waals surface area contributed by atoms with Crippen LogP contribution in [0.2, 0.25) is 5.02 Å². The third-order valence-electron chi connectivity index (χ3n) is 5.14. The molecule has 1 aromatic carbocycles. The third kappa shape index (κ3) is 3.94. The van der Waals surface area contributed by atoms with Gasteiger partial charge >= 0.3 is 0 Å². The SMILES string of the molecule is CS(=O)(=O)N1CCC(C(=O)Nc2c3c(nn2-c2cccc(Cl)c2)CSC3)CC1. The summed E-state index contributed by atoms with van der Waals surface area (Å²) in [5, 5.41) is 8.35. The van der Waals surface area contributed by atoms with Crippen molar-refractivity contribution in [3.8, 4) is 5.69 Å². The van der Waals surface area contributed by atoms with Gasteiger partial charge in [0.25, 0.3) is 0 Å². The molecule has 1 amide bonds. The van der Waals surface area contributed by atoms with Crippen molar-refractivity contribution in [1.82, 2.24) is 14.1 Å². The molecule has 4 rings (SSSR count). The molecular formula is C18H21ClN4O3S2. The second kappa shape index (κ2) is 7.70. The van der Waals surface area contributed by atoms with E-state index >= 15 is 0 Å². The first kappa shape index (κ1) is 19.8. The van der Waals surface area contributed by atoms with Crippen LogP contribution in [-0.4, -0.2) is 47.8 Å². The number of nitrogens with zero attached hydrogens (tertiary/aromatic N) is 3. The first-order chi connectivity index (χ1) is 13.3. The van der Waals surface area contributed by atoms with Gasteiger partial charge < -0.3 is 5.32 Å². The van der Waals surface area contributed by atoms with Crippen molar-refractivity contribution in [1.29, 1.82) is 0 Å². The number of carbonyl (C=O) groups excluding carboxylic acids is 1. The minimum absolute atomic E-state index is 0.0870. The molecule has 0 aliphatic carbocycles. The van der Waals surface area contributed by atoms with E-state index in [0.717, 1.165) is 28.5 Å². The lowest BCUT2D eigenvalue weighted by Crippen LogP contribution is -2.41. The average molecular weight is 441 g/mol. The first-order valence-electron chi connectivity index (χ1n) is 9.03. The van der Waals surface area contributed by atoms with E-state index in [1.54, 1.807) is 22.5 Å². The minimum Gasteiger partial charge on any atom is -0.310 e. The molecule has 1 saturated heterocycles. The van der Waals surface area contributed by atoms with Crippen LogP contribution in [0.25, 0.3) is 5.69 Å². The van der Waals surface area contributed by atoms with Gasteiger partial charge in [-0.15, -0.1) is 0 Å². The van der Waals surface area contributed by atoms with Gasteiger partial charge in [-0.25, -0.2) is 17.4 Å². The largest absolute Gasteiger partial charge is 0.310 e. The summed E-state index contributed by atoms with van der Waals surface area (Å²) in [4.78, 5) is 12.9. The Morgan fingerprint density at radius 1 is 1.29 bits per heavy atom. The van der Waals surface area contributed by atoms with Gasteiger partial charge in [0.1, 0.15) is 5.82 Å². The van der Waals surface area contributed by atoms with E-state index in [1.807, 2.05) is 18.2 Å². The van der Waals surface area contributed by atoms with E-state index in [-0.39, 0.29) is 11.8 Å². The van der Waals surface area contributed by atoms with Crippen molar-refractivity contribution >= 4 is 45.1 Å². The zero-order chi connectivity index (χ0) is 19.9. The van der Waals surface area contributed by atoms with Crippen LogP contribution in [0.15, 0.2) is 24.3 Å². The number of fused-ring (bicyclic) bond motifs is 1. The van der Waals surface area contributed by atoms with Gasteiger partial charge in [0, 0.05) is 41.1 Å². The summed E-state index contributed by atoms with van der Waals surface area (Å²) in [6.07, 6.45) is 2.24. The highest BCUT2D eigenvalue weighted by Gasteiger charge is 2.31. The number of hydrogen-bond acceptors (Lipinski definition) is 5. The molecule has 28 heavy (non-hydrogen) atoms. The molecule has 0 radical (unpaired) electrons. The number of sulfonamides is 1. The Morgan fingerprint density at radius 3 is 2.71 bits per heavy atom. The van der Waals surface area contributed by atoms with Crippen LogP contribution in [0.5, 0.6) is 0 Å². The summed E-state index contributed by atoms with van der Waals surface area (Å²) < 4.78 is 26.5. The standard InChI is InChI=1S/C18H21ClN4O3S2/c1-28(25,26)22-7-5-12(6-8-22)18(24)20-17-15-10-27-11-16(15)21-23(17)14-4-2-3-13(19)9-14/h2-4,9,12H,5-8,10-11H2,1H3,(H,20,24). The number of benzene rings is 1. The molecule has 1 fully saturated rings. The van der Waals surface area contributed by atoms with Crippen LogP contribution in [0.1, 0.15) is 24.1 Å². The Morgan fingerprint density at radius 2 is 2.04 bits per heavy atom. The molecule has 0 bridgehead atoms. The predicted octanol–water partition coefficient (Wildman–Crippen LogP) is 2.88. The quantitative estimate of drug-likeness (QED) is 0.790. The fourth-order valence-electron chi connectivity index (χ4n) is 3.60. The molecule has 0 unspecified atom stereocenters. The van der Waals surface area contributed by atoms with E-state index in [2.05, 4.69) is 10.4 Å². The van der Waals surface area contributed by atoms with Crippen LogP contribution in [0.3, 0.4) is 0 Å². The fraction of sp³-hybridized carbons (Fsp3) is 0.444. The van der Waals surface area contributed by atoms with Crippen molar-refractivity contribution < 1.29 is 13.2 Å². The van der Waals surface area contributed by atoms with Crippen molar-refractivity contribution in [2.24, 2.45) is 5.92 Å². The first-order valence-corrected chi connectivity index (χ1v) is 12.4. The van der Waals surface area contributed by atoms with Crippen LogP contribution in [0, 0.1) is 5.92 Å². The lowest BCUT2D eigenvalue weighted by Gasteiger charge is -2.29. The van der Waals surface area contributed by atoms with Gasteiger partial charge in [0.15, 0.2) is 0 Å². The Labute approximate surface area is 173 Å². The molecule has 1 aromatic heterocycles. The molecule has 7 nitrogen and oxygen atoms in total. The molecule has 2 aliphatic heterocycles. The van der Waals surface area contributed by atoms with Crippen molar-refractivity contribution in [2.45, 2.75) is 24.3 Å². The maximum atomic E-state index is 12.9. The molecule has 2 aromatic rings. The van der Waals surface area contributed by atoms with Crippen molar-refractivity contribution in [3.63, 3.8) is 0 Å². The lowest BCUT2D eigenvalue weighted by molar-refractivity contribution is -0.120. The van der Waals surface area contributed by atoms with Gasteiger partial charge in [-0.2, -0.15) is 16.9 Å². The number of anilines is 1. The zero-order valence-corrected chi connectivity index (χ0v) is 17.8. The summed E-state index contributed by atoms with van der Waals surface area (Å²) in [5.74, 6) is 2.01. The molecule has 1 N–H and O–H groups in total. The minimum atomic E-state index is -3.21. The molecule has 0 saturated carbocycles. The number of nitrogens with one attached hydrogen (secondary N) is 1. The van der Waals surface area contributed by atoms with Crippen molar-refractivity contribution in [2.75, 3.05) is 24.7 Å². The Kier molecular flexibility index (Phi) is 5.43. The van der Waals surface area contributed by atoms with E-state index in [9.17, 15) is 13.2 Å². The number of hydrogen-bond donors (Lipinski definition) is 1. The fourth-order valence-corrected chi connectivity index (χ4v) is 5.70. The molecule has 2 aliphatic rings. The normalized spacial score (nSPS) is 18.2. The van der Waals surface area contributed by atoms with Crippen LogP contribution >= 0.6 is 23.4 Å². The summed E-state index contributed by atoms with van der Waals surface area (Å²) in [5.41, 5.74) is 2.83. The van der Waals surface area contributed by atoms with Gasteiger partial charge in [-0.3, -0.25) is 4.79 Å². The number of piperidine rings is 1. The number of amides is 1. The second-order valence-electron chi connectivity index (χ2n) is 7.08. The molecule has 3 heterocycles. The number of aromatic nitrogens is 2. The Balaban J connectivity index is 1.56. The summed E-state index contributed by atoms with van der Waals surface area (Å²) >= 11 is 7.90. The third-order valence-corrected chi connectivity index (χ3v) is 7.65. The molecule has 150 valence electrons. The Bertz CT molecular complexity index is 1010. The number of thioether (sulfide) groups is 1. The highest BCUT2D eigenvalue weighted by atomic mass is 35.5. The molecule has 0 spiro atoms. The Hall–Kier alpha value is -1.55. The van der Waals surface area contributed by atoms with Gasteiger partial charge in [0.05, 0.1) is 17.6 Å². The van der Waals surface area contributed by atoms with Crippen LogP contribution in [0.4, 0.5) is 5.82 Å². The number of rotatable bonds is 4. The topological polar surface area (TPSA) is 84.3 Å². The lowest BCUT2D eigenvalue weighted by atomic mass is 9.97. The van der Waals surface area contributed by atoms with E-state index in [4.69, 9.17) is 11.6 Å². The number of halogens is 1. The van der Waals surface area contributed by atoms with E-state index < -0.39 is 10.0 Å². The summed E-state index contributed by atoms with van der Waals surface area (Å²) in [6.45, 7) is 0.747. The van der Waals surface area contributed by atoms with Crippen LogP contribution < -0.4 is 5.32 Å². The molecule has 0 atom stereocenters. The van der Waals surface area contributed by atoms with Gasteiger partial charge in [0.2, 0.25) is 15.9 Å². The van der Waals surface area contributed by atoms with E-state index in [1.165, 1.54) is 10.6 Å². The van der Waals surface area contributed by atoms with Crippen LogP contribution in [-0.2, 0) is 26.3 Å². The average Bonchev–Trinajstić information content (AvgIpc) is 3.24. The van der Waals surface area contributed by atoms with Crippen molar-refractivity contribution in [3.05, 3.63) is 40.5 Å². The maximum absolute atomic E-state index is 12.9. The summed E-state index contributed by atoms with van der Waals surface area (Å²) in [6, 6.07) is 7.37. The predicted molar refractivity (Wildman–Crippen MR) is 111 cm³/mol. The maximum Gasteiger partial charge on any atom is 0.228 e. The second-order valence-corrected chi connectivity index (χ2v) is 10.5. The number of carbonyl (C=O) groups is 1. The highest BCUT2D eigenvalue weighted by Crippen LogP contribution is 2.36. The highest BCUT2D eigenvalue weighted by molar-refractivity contribution is 7.98. The van der Waals surface area contributed by atoms with E-state index in [0.29, 0.717) is 36.8 Å².